The van der Waals surface area contributed by atoms with Gasteiger partial charge in [0.1, 0.15) is 0 Å². The summed E-state index contributed by atoms with van der Waals surface area (Å²) in [6.45, 7) is 5.17. The molecule has 1 heterocycles. The molecule has 0 bridgehead atoms. The highest BCUT2D eigenvalue weighted by Gasteiger charge is 2.16. The average Bonchev–Trinajstić information content (AvgIpc) is 2.30. The third-order valence-electron chi connectivity index (χ3n) is 3.12. The standard InChI is InChI=1S/C13H24N2S/c1-13(2,11-14)7-3-4-8-15-12-6-5-9-16-10-12/h12,15H,3-10H2,1-2H3. The van der Waals surface area contributed by atoms with Crippen LogP contribution in [0.4, 0.5) is 0 Å². The molecular weight excluding hydrogens is 216 g/mol. The van der Waals surface area contributed by atoms with Gasteiger partial charge in [-0.15, -0.1) is 0 Å². The quantitative estimate of drug-likeness (QED) is 0.724. The van der Waals surface area contributed by atoms with E-state index in [0.29, 0.717) is 0 Å². The maximum absolute atomic E-state index is 8.89. The fraction of sp³-hybridized carbons (Fsp3) is 0.923. The summed E-state index contributed by atoms with van der Waals surface area (Å²) in [7, 11) is 0. The van der Waals surface area contributed by atoms with Crippen LogP contribution in [0.1, 0.15) is 46.0 Å². The lowest BCUT2D eigenvalue weighted by molar-refractivity contribution is 0.413. The Bertz CT molecular complexity index is 227. The number of hydrogen-bond acceptors (Lipinski definition) is 3. The van der Waals surface area contributed by atoms with Crippen LogP contribution in [0.15, 0.2) is 0 Å². The summed E-state index contributed by atoms with van der Waals surface area (Å²) in [6.07, 6.45) is 6.09. The van der Waals surface area contributed by atoms with E-state index in [2.05, 4.69) is 23.1 Å². The molecule has 1 saturated heterocycles. The predicted octanol–water partition coefficient (Wildman–Crippen LogP) is 3.19. The molecule has 1 N–H and O–H groups in total. The van der Waals surface area contributed by atoms with E-state index in [1.165, 1.54) is 30.8 Å². The summed E-state index contributed by atoms with van der Waals surface area (Å²) in [5, 5.41) is 12.5. The molecule has 92 valence electrons. The summed E-state index contributed by atoms with van der Waals surface area (Å²) in [6, 6.07) is 3.10. The van der Waals surface area contributed by atoms with E-state index < -0.39 is 0 Å². The van der Waals surface area contributed by atoms with E-state index in [1.807, 2.05) is 13.8 Å². The smallest absolute Gasteiger partial charge is 0.0683 e. The van der Waals surface area contributed by atoms with Crippen LogP contribution in [0.3, 0.4) is 0 Å². The minimum absolute atomic E-state index is 0.138. The normalized spacial score (nSPS) is 21.7. The van der Waals surface area contributed by atoms with Crippen molar-refractivity contribution < 1.29 is 0 Å². The van der Waals surface area contributed by atoms with E-state index in [9.17, 15) is 0 Å². The van der Waals surface area contributed by atoms with Gasteiger partial charge in [0.25, 0.3) is 0 Å². The minimum Gasteiger partial charge on any atom is -0.313 e. The fourth-order valence-corrected chi connectivity index (χ4v) is 3.06. The molecule has 0 aromatic heterocycles. The van der Waals surface area contributed by atoms with Gasteiger partial charge in [-0.05, 0) is 51.8 Å². The fourth-order valence-electron chi connectivity index (χ4n) is 1.96. The van der Waals surface area contributed by atoms with Gasteiger partial charge in [-0.25, -0.2) is 0 Å². The molecule has 0 saturated carbocycles. The zero-order chi connectivity index (χ0) is 11.9. The van der Waals surface area contributed by atoms with Gasteiger partial charge in [-0.3, -0.25) is 0 Å². The van der Waals surface area contributed by atoms with Gasteiger partial charge in [0.2, 0.25) is 0 Å². The molecule has 0 aromatic rings. The van der Waals surface area contributed by atoms with Gasteiger partial charge in [-0.1, -0.05) is 6.42 Å². The molecule has 1 aliphatic heterocycles. The molecule has 2 nitrogen and oxygen atoms in total. The van der Waals surface area contributed by atoms with Gasteiger partial charge in [-0.2, -0.15) is 17.0 Å². The number of rotatable bonds is 6. The average molecular weight is 240 g/mol. The molecule has 1 fully saturated rings. The first-order chi connectivity index (χ1) is 7.64. The Morgan fingerprint density at radius 3 is 2.88 bits per heavy atom. The summed E-state index contributed by atoms with van der Waals surface area (Å²) in [5.41, 5.74) is -0.138. The van der Waals surface area contributed by atoms with Crippen molar-refractivity contribution in [3.63, 3.8) is 0 Å². The van der Waals surface area contributed by atoms with Crippen LogP contribution in [-0.2, 0) is 0 Å². The maximum atomic E-state index is 8.89. The molecule has 1 aliphatic rings. The monoisotopic (exact) mass is 240 g/mol. The van der Waals surface area contributed by atoms with E-state index in [0.717, 1.165) is 25.4 Å². The Morgan fingerprint density at radius 1 is 1.44 bits per heavy atom. The van der Waals surface area contributed by atoms with Crippen LogP contribution in [0.2, 0.25) is 0 Å². The molecule has 0 radical (unpaired) electrons. The molecule has 3 heteroatoms. The topological polar surface area (TPSA) is 35.8 Å². The predicted molar refractivity (Wildman–Crippen MR) is 71.6 cm³/mol. The molecule has 1 unspecified atom stereocenters. The van der Waals surface area contributed by atoms with Crippen LogP contribution in [0.25, 0.3) is 0 Å². The summed E-state index contributed by atoms with van der Waals surface area (Å²) in [4.78, 5) is 0. The first-order valence-corrected chi connectivity index (χ1v) is 7.52. The Kier molecular flexibility index (Phi) is 6.23. The van der Waals surface area contributed by atoms with E-state index in [-0.39, 0.29) is 5.41 Å². The molecule has 0 amide bonds. The van der Waals surface area contributed by atoms with Crippen molar-refractivity contribution in [3.05, 3.63) is 0 Å². The lowest BCUT2D eigenvalue weighted by Crippen LogP contribution is -2.34. The number of nitriles is 1. The van der Waals surface area contributed by atoms with Gasteiger partial charge in [0, 0.05) is 11.8 Å². The molecule has 16 heavy (non-hydrogen) atoms. The SMILES string of the molecule is CC(C)(C#N)CCCCNC1CCCSC1. The van der Waals surface area contributed by atoms with Gasteiger partial charge in [0.15, 0.2) is 0 Å². The van der Waals surface area contributed by atoms with Crippen molar-refractivity contribution in [1.29, 1.82) is 5.26 Å². The third kappa shape index (κ3) is 5.77. The summed E-state index contributed by atoms with van der Waals surface area (Å²) >= 11 is 2.07. The second-order valence-electron chi connectivity index (χ2n) is 5.32. The number of nitrogens with one attached hydrogen (secondary N) is 1. The highest BCUT2D eigenvalue weighted by atomic mass is 32.2. The van der Waals surface area contributed by atoms with Crippen molar-refractivity contribution in [3.8, 4) is 6.07 Å². The maximum Gasteiger partial charge on any atom is 0.0683 e. The Hall–Kier alpha value is -0.200. The minimum atomic E-state index is -0.138. The highest BCUT2D eigenvalue weighted by Crippen LogP contribution is 2.21. The molecule has 1 rings (SSSR count). The Labute approximate surface area is 104 Å². The van der Waals surface area contributed by atoms with Crippen LogP contribution in [0, 0.1) is 16.7 Å². The number of unbranched alkanes of at least 4 members (excludes halogenated alkanes) is 1. The van der Waals surface area contributed by atoms with Gasteiger partial charge < -0.3 is 5.32 Å². The number of nitrogens with zero attached hydrogens (tertiary/aromatic N) is 1. The second-order valence-corrected chi connectivity index (χ2v) is 6.47. The molecule has 1 atom stereocenters. The summed E-state index contributed by atoms with van der Waals surface area (Å²) < 4.78 is 0. The highest BCUT2D eigenvalue weighted by molar-refractivity contribution is 7.99. The van der Waals surface area contributed by atoms with Crippen molar-refractivity contribution in [2.45, 2.75) is 52.0 Å². The van der Waals surface area contributed by atoms with E-state index in [4.69, 9.17) is 5.26 Å². The largest absolute Gasteiger partial charge is 0.313 e. The van der Waals surface area contributed by atoms with Crippen molar-refractivity contribution >= 4 is 11.8 Å². The molecule has 0 aliphatic carbocycles. The second kappa shape index (κ2) is 7.19. The van der Waals surface area contributed by atoms with Crippen LogP contribution >= 0.6 is 11.8 Å². The number of thioether (sulfide) groups is 1. The number of hydrogen-bond donors (Lipinski definition) is 1. The summed E-state index contributed by atoms with van der Waals surface area (Å²) in [5.74, 6) is 2.62. The Balaban J connectivity index is 1.97. The van der Waals surface area contributed by atoms with Crippen LogP contribution in [0.5, 0.6) is 0 Å². The molecule has 0 aromatic carbocycles. The Morgan fingerprint density at radius 2 is 2.25 bits per heavy atom. The van der Waals surface area contributed by atoms with Crippen LogP contribution < -0.4 is 5.32 Å². The molecular formula is C13H24N2S. The van der Waals surface area contributed by atoms with Crippen molar-refractivity contribution in [2.75, 3.05) is 18.1 Å². The van der Waals surface area contributed by atoms with Gasteiger partial charge >= 0.3 is 0 Å². The van der Waals surface area contributed by atoms with Crippen molar-refractivity contribution in [2.24, 2.45) is 5.41 Å². The zero-order valence-corrected chi connectivity index (χ0v) is 11.4. The third-order valence-corrected chi connectivity index (χ3v) is 4.34. The van der Waals surface area contributed by atoms with Gasteiger partial charge in [0.05, 0.1) is 11.5 Å². The van der Waals surface area contributed by atoms with Crippen LogP contribution in [-0.4, -0.2) is 24.1 Å². The van der Waals surface area contributed by atoms with Crippen molar-refractivity contribution in [1.82, 2.24) is 5.32 Å². The lowest BCUT2D eigenvalue weighted by atomic mass is 9.89. The van der Waals surface area contributed by atoms with E-state index >= 15 is 0 Å². The zero-order valence-electron chi connectivity index (χ0n) is 10.6. The first-order valence-electron chi connectivity index (χ1n) is 6.36. The lowest BCUT2D eigenvalue weighted by Gasteiger charge is -2.22. The molecule has 0 spiro atoms. The first kappa shape index (κ1) is 13.9. The van der Waals surface area contributed by atoms with E-state index in [1.54, 1.807) is 0 Å².